The van der Waals surface area contributed by atoms with Gasteiger partial charge in [-0.2, -0.15) is 0 Å². The lowest BCUT2D eigenvalue weighted by Gasteiger charge is -2.16. The molecule has 31 heavy (non-hydrogen) atoms. The maximum absolute atomic E-state index is 12.5. The SMILES string of the molecule is COC(=O)c1ccc(C(=O)Oc2ccc(C(C)c3ccc(OC)c(C)c3)cc2C)cc1. The van der Waals surface area contributed by atoms with Crippen LogP contribution in [0.1, 0.15) is 55.8 Å². The fourth-order valence-electron chi connectivity index (χ4n) is 3.44. The first kappa shape index (κ1) is 22.1. The van der Waals surface area contributed by atoms with Crippen LogP contribution in [0.25, 0.3) is 0 Å². The van der Waals surface area contributed by atoms with Crippen LogP contribution in [0.5, 0.6) is 11.5 Å². The van der Waals surface area contributed by atoms with Crippen molar-refractivity contribution in [2.45, 2.75) is 26.7 Å². The number of methoxy groups -OCH3 is 2. The van der Waals surface area contributed by atoms with Gasteiger partial charge in [0, 0.05) is 5.92 Å². The topological polar surface area (TPSA) is 61.8 Å². The van der Waals surface area contributed by atoms with Crippen LogP contribution in [-0.2, 0) is 4.74 Å². The Morgan fingerprint density at radius 3 is 1.65 bits per heavy atom. The second-order valence-corrected chi connectivity index (χ2v) is 7.43. The Labute approximate surface area is 182 Å². The molecule has 3 rings (SSSR count). The fourth-order valence-corrected chi connectivity index (χ4v) is 3.44. The Hall–Kier alpha value is -3.60. The van der Waals surface area contributed by atoms with E-state index >= 15 is 0 Å². The zero-order valence-corrected chi connectivity index (χ0v) is 18.4. The molecule has 1 atom stereocenters. The quantitative estimate of drug-likeness (QED) is 0.392. The summed E-state index contributed by atoms with van der Waals surface area (Å²) in [5.41, 5.74) is 5.01. The number of aryl methyl sites for hydroxylation is 2. The number of benzene rings is 3. The molecule has 0 saturated heterocycles. The van der Waals surface area contributed by atoms with Crippen LogP contribution < -0.4 is 9.47 Å². The number of rotatable bonds is 6. The lowest BCUT2D eigenvalue weighted by atomic mass is 9.91. The van der Waals surface area contributed by atoms with Crippen molar-refractivity contribution in [2.24, 2.45) is 0 Å². The minimum Gasteiger partial charge on any atom is -0.496 e. The third kappa shape index (κ3) is 4.94. The van der Waals surface area contributed by atoms with Gasteiger partial charge in [0.15, 0.2) is 0 Å². The molecule has 0 bridgehead atoms. The normalized spacial score (nSPS) is 11.5. The van der Waals surface area contributed by atoms with E-state index < -0.39 is 11.9 Å². The molecule has 1 unspecified atom stereocenters. The molecule has 0 amide bonds. The number of esters is 2. The van der Waals surface area contributed by atoms with Crippen molar-refractivity contribution in [3.05, 3.63) is 94.0 Å². The summed E-state index contributed by atoms with van der Waals surface area (Å²) in [7, 11) is 2.98. The molecule has 0 fully saturated rings. The maximum Gasteiger partial charge on any atom is 0.343 e. The summed E-state index contributed by atoms with van der Waals surface area (Å²) in [5.74, 6) is 0.621. The number of carbonyl (C=O) groups excluding carboxylic acids is 2. The van der Waals surface area contributed by atoms with Crippen LogP contribution in [0.4, 0.5) is 0 Å². The zero-order valence-electron chi connectivity index (χ0n) is 18.4. The first-order chi connectivity index (χ1) is 14.8. The number of hydrogen-bond donors (Lipinski definition) is 0. The summed E-state index contributed by atoms with van der Waals surface area (Å²) in [6, 6.07) is 18.2. The van der Waals surface area contributed by atoms with Crippen molar-refractivity contribution in [1.29, 1.82) is 0 Å². The van der Waals surface area contributed by atoms with Gasteiger partial charge in [0.1, 0.15) is 11.5 Å². The van der Waals surface area contributed by atoms with E-state index in [2.05, 4.69) is 23.8 Å². The summed E-state index contributed by atoms with van der Waals surface area (Å²) in [6.07, 6.45) is 0. The predicted octanol–water partition coefficient (Wildman–Crippen LogP) is 5.47. The van der Waals surface area contributed by atoms with Crippen molar-refractivity contribution < 1.29 is 23.8 Å². The standard InChI is InChI=1S/C26H26O5/c1-16-14-21(10-12-23(16)29-4)18(3)22-11-13-24(17(2)15-22)31-26(28)20-8-6-19(7-9-20)25(27)30-5/h6-15,18H,1-5H3. The summed E-state index contributed by atoms with van der Waals surface area (Å²) >= 11 is 0. The van der Waals surface area contributed by atoms with Crippen molar-refractivity contribution >= 4 is 11.9 Å². The highest BCUT2D eigenvalue weighted by Gasteiger charge is 2.15. The molecular formula is C26H26O5. The molecule has 160 valence electrons. The fraction of sp³-hybridized carbons (Fsp3) is 0.231. The summed E-state index contributed by atoms with van der Waals surface area (Å²) in [6.45, 7) is 6.09. The molecule has 0 aliphatic heterocycles. The van der Waals surface area contributed by atoms with Crippen molar-refractivity contribution in [1.82, 2.24) is 0 Å². The van der Waals surface area contributed by atoms with Gasteiger partial charge in [-0.25, -0.2) is 9.59 Å². The van der Waals surface area contributed by atoms with Gasteiger partial charge >= 0.3 is 11.9 Å². The van der Waals surface area contributed by atoms with Crippen LogP contribution in [0.15, 0.2) is 60.7 Å². The smallest absolute Gasteiger partial charge is 0.343 e. The average Bonchev–Trinajstić information content (AvgIpc) is 2.79. The Kier molecular flexibility index (Phi) is 6.75. The van der Waals surface area contributed by atoms with E-state index in [1.165, 1.54) is 24.8 Å². The molecule has 5 heteroatoms. The molecule has 3 aromatic carbocycles. The van der Waals surface area contributed by atoms with Crippen LogP contribution in [0.3, 0.4) is 0 Å². The predicted molar refractivity (Wildman–Crippen MR) is 119 cm³/mol. The lowest BCUT2D eigenvalue weighted by Crippen LogP contribution is -2.10. The Bertz CT molecular complexity index is 1100. The molecule has 0 aliphatic carbocycles. The van der Waals surface area contributed by atoms with Gasteiger partial charge in [-0.3, -0.25) is 0 Å². The summed E-state index contributed by atoms with van der Waals surface area (Å²) < 4.78 is 15.6. The van der Waals surface area contributed by atoms with Crippen LogP contribution in [0.2, 0.25) is 0 Å². The first-order valence-corrected chi connectivity index (χ1v) is 9.99. The zero-order chi connectivity index (χ0) is 22.5. The van der Waals surface area contributed by atoms with Gasteiger partial charge in [0.05, 0.1) is 25.3 Å². The second kappa shape index (κ2) is 9.47. The van der Waals surface area contributed by atoms with Gasteiger partial charge in [0.2, 0.25) is 0 Å². The van der Waals surface area contributed by atoms with E-state index in [0.717, 1.165) is 22.4 Å². The molecule has 0 radical (unpaired) electrons. The first-order valence-electron chi connectivity index (χ1n) is 9.99. The highest BCUT2D eigenvalue weighted by molar-refractivity contribution is 5.94. The van der Waals surface area contributed by atoms with Crippen molar-refractivity contribution in [2.75, 3.05) is 14.2 Å². The Balaban J connectivity index is 1.75. The van der Waals surface area contributed by atoms with Gasteiger partial charge in [-0.1, -0.05) is 31.2 Å². The number of carbonyl (C=O) groups is 2. The Morgan fingerprint density at radius 2 is 1.19 bits per heavy atom. The van der Waals surface area contributed by atoms with Gasteiger partial charge in [-0.15, -0.1) is 0 Å². The third-order valence-electron chi connectivity index (χ3n) is 5.36. The second-order valence-electron chi connectivity index (χ2n) is 7.43. The average molecular weight is 418 g/mol. The van der Waals surface area contributed by atoms with E-state index in [0.29, 0.717) is 16.9 Å². The van der Waals surface area contributed by atoms with Gasteiger partial charge in [-0.05, 0) is 72.5 Å². The van der Waals surface area contributed by atoms with E-state index in [1.54, 1.807) is 19.2 Å². The van der Waals surface area contributed by atoms with Gasteiger partial charge in [0.25, 0.3) is 0 Å². The molecule has 5 nitrogen and oxygen atoms in total. The van der Waals surface area contributed by atoms with Crippen LogP contribution in [0, 0.1) is 13.8 Å². The molecule has 0 heterocycles. The highest BCUT2D eigenvalue weighted by atomic mass is 16.5. The minimum atomic E-state index is -0.480. The third-order valence-corrected chi connectivity index (χ3v) is 5.36. The minimum absolute atomic E-state index is 0.180. The highest BCUT2D eigenvalue weighted by Crippen LogP contribution is 2.31. The molecule has 0 aliphatic rings. The monoisotopic (exact) mass is 418 g/mol. The Morgan fingerprint density at radius 1 is 0.710 bits per heavy atom. The van der Waals surface area contributed by atoms with E-state index in [4.69, 9.17) is 9.47 Å². The molecule has 0 saturated carbocycles. The lowest BCUT2D eigenvalue weighted by molar-refractivity contribution is 0.0599. The van der Waals surface area contributed by atoms with E-state index in [9.17, 15) is 9.59 Å². The van der Waals surface area contributed by atoms with Crippen molar-refractivity contribution in [3.8, 4) is 11.5 Å². The molecule has 0 spiro atoms. The largest absolute Gasteiger partial charge is 0.496 e. The van der Waals surface area contributed by atoms with E-state index in [-0.39, 0.29) is 5.92 Å². The summed E-state index contributed by atoms with van der Waals surface area (Å²) in [5, 5.41) is 0. The molecule has 3 aromatic rings. The summed E-state index contributed by atoms with van der Waals surface area (Å²) in [4.78, 5) is 24.0. The molecule has 0 N–H and O–H groups in total. The van der Waals surface area contributed by atoms with Crippen molar-refractivity contribution in [3.63, 3.8) is 0 Å². The van der Waals surface area contributed by atoms with E-state index in [1.807, 2.05) is 38.1 Å². The number of ether oxygens (including phenoxy) is 3. The van der Waals surface area contributed by atoms with Gasteiger partial charge < -0.3 is 14.2 Å². The molecular weight excluding hydrogens is 392 g/mol. The van der Waals surface area contributed by atoms with Crippen LogP contribution >= 0.6 is 0 Å². The van der Waals surface area contributed by atoms with Crippen LogP contribution in [-0.4, -0.2) is 26.2 Å². The molecule has 0 aromatic heterocycles. The number of hydrogen-bond acceptors (Lipinski definition) is 5. The maximum atomic E-state index is 12.5.